The number of hydrogen-bond donors (Lipinski definition) is 2. The van der Waals surface area contributed by atoms with Gasteiger partial charge in [-0.1, -0.05) is 29.8 Å². The molecule has 9 heteroatoms. The first kappa shape index (κ1) is 24.1. The summed E-state index contributed by atoms with van der Waals surface area (Å²) in [6, 6.07) is 8.61. The van der Waals surface area contributed by atoms with Gasteiger partial charge in [0, 0.05) is 19.8 Å². The summed E-state index contributed by atoms with van der Waals surface area (Å²) in [5, 5.41) is 5.55. The van der Waals surface area contributed by atoms with Crippen molar-refractivity contribution in [3.05, 3.63) is 64.4 Å². The monoisotopic (exact) mass is 450 g/mol. The van der Waals surface area contributed by atoms with Gasteiger partial charge in [-0.05, 0) is 35.4 Å². The Kier molecular flexibility index (Phi) is 8.81. The van der Waals surface area contributed by atoms with Crippen LogP contribution in [-0.4, -0.2) is 44.1 Å². The molecule has 0 saturated carbocycles. The van der Waals surface area contributed by atoms with Gasteiger partial charge in [-0.2, -0.15) is 0 Å². The quantitative estimate of drug-likeness (QED) is 0.572. The average molecular weight is 451 g/mol. The molecule has 7 nitrogen and oxygen atoms in total. The molecule has 0 radical (unpaired) electrons. The van der Waals surface area contributed by atoms with Crippen molar-refractivity contribution in [3.63, 3.8) is 0 Å². The van der Waals surface area contributed by atoms with Gasteiger partial charge in [0.15, 0.2) is 0 Å². The molecule has 2 rings (SSSR count). The second-order valence-electron chi connectivity index (χ2n) is 6.84. The third-order valence-corrected chi connectivity index (χ3v) is 4.80. The van der Waals surface area contributed by atoms with Crippen LogP contribution in [0.2, 0.25) is 5.02 Å². The van der Waals surface area contributed by atoms with Crippen LogP contribution in [0.5, 0.6) is 5.75 Å². The molecule has 31 heavy (non-hydrogen) atoms. The zero-order chi connectivity index (χ0) is 23.0. The van der Waals surface area contributed by atoms with Crippen LogP contribution < -0.4 is 15.4 Å². The van der Waals surface area contributed by atoms with Gasteiger partial charge in [-0.25, -0.2) is 9.18 Å². The van der Waals surface area contributed by atoms with Gasteiger partial charge in [-0.3, -0.25) is 9.59 Å². The third-order valence-electron chi connectivity index (χ3n) is 4.51. The molecule has 0 aliphatic carbocycles. The van der Waals surface area contributed by atoms with Crippen LogP contribution in [0.25, 0.3) is 0 Å². The zero-order valence-corrected chi connectivity index (χ0v) is 18.2. The average Bonchev–Trinajstić information content (AvgIpc) is 2.73. The van der Waals surface area contributed by atoms with Gasteiger partial charge in [0.2, 0.25) is 11.8 Å². The summed E-state index contributed by atoms with van der Waals surface area (Å²) in [7, 11) is 2.70. The van der Waals surface area contributed by atoms with Crippen molar-refractivity contribution in [2.24, 2.45) is 0 Å². The first-order valence-corrected chi connectivity index (χ1v) is 9.83. The van der Waals surface area contributed by atoms with Crippen molar-refractivity contribution < 1.29 is 28.2 Å². The number of methoxy groups -OCH3 is 2. The SMILES string of the molecule is COC(=O)[C@@H](Cc1ccc(OC)c(Cl)c1)NC(=O)[C@@H](Cc1ccc(F)cc1)NC(C)=O. The largest absolute Gasteiger partial charge is 0.495 e. The third kappa shape index (κ3) is 7.25. The van der Waals surface area contributed by atoms with E-state index < -0.39 is 35.7 Å². The number of halogens is 2. The van der Waals surface area contributed by atoms with Gasteiger partial charge in [-0.15, -0.1) is 0 Å². The van der Waals surface area contributed by atoms with E-state index in [0.29, 0.717) is 21.9 Å². The van der Waals surface area contributed by atoms with Crippen molar-refractivity contribution in [1.82, 2.24) is 10.6 Å². The molecule has 0 heterocycles. The highest BCUT2D eigenvalue weighted by Gasteiger charge is 2.27. The molecule has 0 saturated heterocycles. The van der Waals surface area contributed by atoms with Gasteiger partial charge in [0.05, 0.1) is 19.2 Å². The van der Waals surface area contributed by atoms with E-state index in [4.69, 9.17) is 21.1 Å². The van der Waals surface area contributed by atoms with Crippen molar-refractivity contribution >= 4 is 29.4 Å². The number of carbonyl (C=O) groups excluding carboxylic acids is 3. The molecule has 2 aromatic carbocycles. The lowest BCUT2D eigenvalue weighted by atomic mass is 10.0. The first-order valence-electron chi connectivity index (χ1n) is 9.45. The standard InChI is InChI=1S/C22H24ClFN2O5/c1-13(27)25-18(11-14-4-7-16(24)8-5-14)21(28)26-19(22(29)31-3)12-15-6-9-20(30-2)17(23)10-15/h4-10,18-19H,11-12H2,1-3H3,(H,25,27)(H,26,28)/t18-,19-/m1/s1. The number of ether oxygens (including phenoxy) is 2. The lowest BCUT2D eigenvalue weighted by Gasteiger charge is -2.22. The van der Waals surface area contributed by atoms with E-state index in [1.165, 1.54) is 45.4 Å². The predicted octanol–water partition coefficient (Wildman–Crippen LogP) is 2.44. The Labute approximate surface area is 184 Å². The smallest absolute Gasteiger partial charge is 0.328 e. The molecule has 0 aliphatic rings. The summed E-state index contributed by atoms with van der Waals surface area (Å²) in [4.78, 5) is 36.8. The summed E-state index contributed by atoms with van der Waals surface area (Å²) < 4.78 is 23.1. The Morgan fingerprint density at radius 1 is 0.968 bits per heavy atom. The van der Waals surface area contributed by atoms with Crippen LogP contribution >= 0.6 is 11.6 Å². The maximum absolute atomic E-state index is 13.2. The van der Waals surface area contributed by atoms with Crippen LogP contribution in [0.3, 0.4) is 0 Å². The molecular weight excluding hydrogens is 427 g/mol. The molecule has 2 aromatic rings. The number of carbonyl (C=O) groups is 3. The molecule has 0 aromatic heterocycles. The van der Waals surface area contributed by atoms with Crippen molar-refractivity contribution in [2.45, 2.75) is 31.8 Å². The molecule has 0 fully saturated rings. The number of amides is 2. The normalized spacial score (nSPS) is 12.4. The molecule has 0 unspecified atom stereocenters. The summed E-state index contributed by atoms with van der Waals surface area (Å²) >= 11 is 6.14. The highest BCUT2D eigenvalue weighted by molar-refractivity contribution is 6.32. The highest BCUT2D eigenvalue weighted by atomic mass is 35.5. The van der Waals surface area contributed by atoms with Crippen molar-refractivity contribution in [1.29, 1.82) is 0 Å². The second-order valence-corrected chi connectivity index (χ2v) is 7.25. The second kappa shape index (κ2) is 11.3. The number of esters is 1. The summed E-state index contributed by atoms with van der Waals surface area (Å²) in [5.41, 5.74) is 1.32. The summed E-state index contributed by atoms with van der Waals surface area (Å²) in [6.07, 6.45) is 0.236. The summed E-state index contributed by atoms with van der Waals surface area (Å²) in [6.45, 7) is 1.28. The van der Waals surface area contributed by atoms with E-state index in [-0.39, 0.29) is 12.8 Å². The topological polar surface area (TPSA) is 93.7 Å². The van der Waals surface area contributed by atoms with E-state index in [1.807, 2.05) is 0 Å². The lowest BCUT2D eigenvalue weighted by Crippen LogP contribution is -2.53. The Morgan fingerprint density at radius 2 is 1.58 bits per heavy atom. The fraction of sp³-hybridized carbons (Fsp3) is 0.318. The molecule has 2 N–H and O–H groups in total. The van der Waals surface area contributed by atoms with Gasteiger partial charge >= 0.3 is 5.97 Å². The van der Waals surface area contributed by atoms with E-state index in [1.54, 1.807) is 18.2 Å². The fourth-order valence-corrected chi connectivity index (χ4v) is 3.27. The fourth-order valence-electron chi connectivity index (χ4n) is 2.99. The van der Waals surface area contributed by atoms with Crippen molar-refractivity contribution in [2.75, 3.05) is 14.2 Å². The minimum atomic E-state index is -1.01. The number of nitrogens with one attached hydrogen (secondary N) is 2. The molecular formula is C22H24ClFN2O5. The Balaban J connectivity index is 2.18. The van der Waals surface area contributed by atoms with E-state index in [2.05, 4.69) is 10.6 Å². The first-order chi connectivity index (χ1) is 14.7. The highest BCUT2D eigenvalue weighted by Crippen LogP contribution is 2.25. The minimum absolute atomic E-state index is 0.117. The van der Waals surface area contributed by atoms with Crippen LogP contribution in [0.4, 0.5) is 4.39 Å². The Morgan fingerprint density at radius 3 is 2.13 bits per heavy atom. The number of hydrogen-bond acceptors (Lipinski definition) is 5. The predicted molar refractivity (Wildman–Crippen MR) is 113 cm³/mol. The van der Waals surface area contributed by atoms with Crippen LogP contribution in [-0.2, 0) is 32.0 Å². The Hall–Kier alpha value is -3.13. The molecule has 2 atom stereocenters. The van der Waals surface area contributed by atoms with Crippen LogP contribution in [0.15, 0.2) is 42.5 Å². The van der Waals surface area contributed by atoms with Crippen LogP contribution in [0, 0.1) is 5.82 Å². The molecule has 166 valence electrons. The van der Waals surface area contributed by atoms with Crippen LogP contribution in [0.1, 0.15) is 18.1 Å². The van der Waals surface area contributed by atoms with E-state index in [0.717, 1.165) is 0 Å². The van der Waals surface area contributed by atoms with E-state index in [9.17, 15) is 18.8 Å². The van der Waals surface area contributed by atoms with E-state index >= 15 is 0 Å². The van der Waals surface area contributed by atoms with Gasteiger partial charge < -0.3 is 20.1 Å². The van der Waals surface area contributed by atoms with Crippen molar-refractivity contribution in [3.8, 4) is 5.75 Å². The molecule has 0 spiro atoms. The number of rotatable bonds is 9. The van der Waals surface area contributed by atoms with Gasteiger partial charge in [0.1, 0.15) is 23.7 Å². The molecule has 0 aliphatic heterocycles. The number of benzene rings is 2. The maximum Gasteiger partial charge on any atom is 0.328 e. The molecule has 0 bridgehead atoms. The summed E-state index contributed by atoms with van der Waals surface area (Å²) in [5.74, 6) is -1.57. The minimum Gasteiger partial charge on any atom is -0.495 e. The molecule has 2 amide bonds. The van der Waals surface area contributed by atoms with Gasteiger partial charge in [0.25, 0.3) is 0 Å². The Bertz CT molecular complexity index is 936. The zero-order valence-electron chi connectivity index (χ0n) is 17.4. The lowest BCUT2D eigenvalue weighted by molar-refractivity contribution is -0.145. The maximum atomic E-state index is 13.2.